The molecule has 3 rings (SSSR count). The summed E-state index contributed by atoms with van der Waals surface area (Å²) >= 11 is 6.34. The smallest absolute Gasteiger partial charge is 0.122 e. The predicted molar refractivity (Wildman–Crippen MR) is 82.3 cm³/mol. The predicted octanol–water partition coefficient (Wildman–Crippen LogP) is 2.63. The van der Waals surface area contributed by atoms with Crippen molar-refractivity contribution in [1.29, 1.82) is 0 Å². The molecule has 0 amide bonds. The molecule has 112 valence electrons. The van der Waals surface area contributed by atoms with Gasteiger partial charge in [0.05, 0.1) is 29.6 Å². The van der Waals surface area contributed by atoms with Gasteiger partial charge in [-0.3, -0.25) is 16.0 Å². The normalized spacial score (nSPS) is 18.3. The van der Waals surface area contributed by atoms with Crippen LogP contribution in [-0.2, 0) is 6.54 Å². The van der Waals surface area contributed by atoms with Crippen LogP contribution in [0.2, 0.25) is 5.02 Å². The van der Waals surface area contributed by atoms with Crippen molar-refractivity contribution in [2.45, 2.75) is 31.8 Å². The molecule has 3 N–H and O–H groups in total. The van der Waals surface area contributed by atoms with Gasteiger partial charge in [0.15, 0.2) is 0 Å². The van der Waals surface area contributed by atoms with Crippen LogP contribution in [0.4, 0.5) is 0 Å². The van der Waals surface area contributed by atoms with Crippen LogP contribution < -0.4 is 16.0 Å². The van der Waals surface area contributed by atoms with E-state index in [0.29, 0.717) is 11.6 Å². The Bertz CT molecular complexity index is 628. The van der Waals surface area contributed by atoms with E-state index in [4.69, 9.17) is 22.2 Å². The first-order valence-corrected chi connectivity index (χ1v) is 7.53. The standard InChI is InChI=1S/C15H19ClN4O/c1-2-7-20-15(12(16)8-18-20)14(19-17)11-9-21-13-6-4-3-5-10(11)13/h3-6,8,11,14,19H,2,7,9,17H2,1H3. The summed E-state index contributed by atoms with van der Waals surface area (Å²) in [6.45, 7) is 3.51. The molecule has 1 aromatic carbocycles. The lowest BCUT2D eigenvalue weighted by molar-refractivity contribution is 0.294. The number of halogens is 1. The highest BCUT2D eigenvalue weighted by molar-refractivity contribution is 6.31. The first-order chi connectivity index (χ1) is 10.3. The number of nitrogens with one attached hydrogen (secondary N) is 1. The minimum absolute atomic E-state index is 0.121. The van der Waals surface area contributed by atoms with Gasteiger partial charge in [-0.1, -0.05) is 36.7 Å². The third-order valence-electron chi connectivity index (χ3n) is 3.88. The Kier molecular flexibility index (Phi) is 4.14. The second-order valence-electron chi connectivity index (χ2n) is 5.20. The average molecular weight is 307 g/mol. The number of para-hydroxylation sites is 1. The second kappa shape index (κ2) is 6.05. The fraction of sp³-hybridized carbons (Fsp3) is 0.400. The van der Waals surface area contributed by atoms with Crippen molar-refractivity contribution in [3.05, 3.63) is 46.7 Å². The summed E-state index contributed by atoms with van der Waals surface area (Å²) in [4.78, 5) is 0. The Hall–Kier alpha value is -1.56. The zero-order valence-corrected chi connectivity index (χ0v) is 12.7. The molecule has 1 aliphatic rings. The van der Waals surface area contributed by atoms with Crippen molar-refractivity contribution >= 4 is 11.6 Å². The van der Waals surface area contributed by atoms with Gasteiger partial charge in [0.2, 0.25) is 0 Å². The monoisotopic (exact) mass is 306 g/mol. The molecular weight excluding hydrogens is 288 g/mol. The van der Waals surface area contributed by atoms with Crippen molar-refractivity contribution in [3.8, 4) is 5.75 Å². The molecule has 2 heterocycles. The molecule has 0 aliphatic carbocycles. The lowest BCUT2D eigenvalue weighted by atomic mass is 9.91. The molecule has 21 heavy (non-hydrogen) atoms. The molecule has 2 aromatic rings. The first kappa shape index (κ1) is 14.4. The second-order valence-corrected chi connectivity index (χ2v) is 5.61. The van der Waals surface area contributed by atoms with Gasteiger partial charge in [-0.05, 0) is 12.5 Å². The zero-order valence-electron chi connectivity index (χ0n) is 11.9. The van der Waals surface area contributed by atoms with E-state index >= 15 is 0 Å². The van der Waals surface area contributed by atoms with Gasteiger partial charge in [0.25, 0.3) is 0 Å². The number of nitrogens with two attached hydrogens (primary N) is 1. The third-order valence-corrected chi connectivity index (χ3v) is 4.17. The number of fused-ring (bicyclic) bond motifs is 1. The van der Waals surface area contributed by atoms with E-state index in [9.17, 15) is 0 Å². The minimum atomic E-state index is -0.129. The maximum absolute atomic E-state index is 6.34. The number of hydrogen-bond acceptors (Lipinski definition) is 4. The molecule has 0 radical (unpaired) electrons. The van der Waals surface area contributed by atoms with Gasteiger partial charge < -0.3 is 4.74 Å². The van der Waals surface area contributed by atoms with Crippen LogP contribution in [0.1, 0.15) is 36.6 Å². The third kappa shape index (κ3) is 2.52. The molecule has 6 heteroatoms. The number of ether oxygens (including phenoxy) is 1. The summed E-state index contributed by atoms with van der Waals surface area (Å²) in [5.74, 6) is 6.87. The van der Waals surface area contributed by atoms with Crippen molar-refractivity contribution in [1.82, 2.24) is 15.2 Å². The van der Waals surface area contributed by atoms with E-state index in [1.165, 1.54) is 0 Å². The summed E-state index contributed by atoms with van der Waals surface area (Å²) in [5.41, 5.74) is 4.98. The fourth-order valence-electron chi connectivity index (χ4n) is 2.92. The topological polar surface area (TPSA) is 65.1 Å². The van der Waals surface area contributed by atoms with E-state index in [1.54, 1.807) is 6.20 Å². The molecule has 2 atom stereocenters. The molecule has 0 saturated heterocycles. The van der Waals surface area contributed by atoms with E-state index in [-0.39, 0.29) is 12.0 Å². The number of nitrogens with zero attached hydrogens (tertiary/aromatic N) is 2. The molecular formula is C15H19ClN4O. The van der Waals surface area contributed by atoms with E-state index in [0.717, 1.165) is 30.0 Å². The highest BCUT2D eigenvalue weighted by Crippen LogP contribution is 2.42. The quantitative estimate of drug-likeness (QED) is 0.658. The number of hydrazine groups is 1. The molecule has 0 bridgehead atoms. The average Bonchev–Trinajstić information content (AvgIpc) is 3.07. The molecule has 0 fully saturated rings. The Labute approximate surface area is 129 Å². The highest BCUT2D eigenvalue weighted by atomic mass is 35.5. The summed E-state index contributed by atoms with van der Waals surface area (Å²) in [6.07, 6.45) is 2.67. The Morgan fingerprint density at radius 1 is 1.52 bits per heavy atom. The summed E-state index contributed by atoms with van der Waals surface area (Å²) in [7, 11) is 0. The highest BCUT2D eigenvalue weighted by Gasteiger charge is 2.34. The number of aryl methyl sites for hydroxylation is 1. The first-order valence-electron chi connectivity index (χ1n) is 7.15. The lowest BCUT2D eigenvalue weighted by Gasteiger charge is -2.23. The van der Waals surface area contributed by atoms with Crippen molar-refractivity contribution in [2.24, 2.45) is 5.84 Å². The largest absolute Gasteiger partial charge is 0.493 e. The Morgan fingerprint density at radius 2 is 2.33 bits per heavy atom. The van der Waals surface area contributed by atoms with Gasteiger partial charge >= 0.3 is 0 Å². The number of aromatic nitrogens is 2. The summed E-state index contributed by atoms with van der Waals surface area (Å²) in [6, 6.07) is 7.91. The van der Waals surface area contributed by atoms with Crippen molar-refractivity contribution < 1.29 is 4.74 Å². The Balaban J connectivity index is 1.99. The maximum Gasteiger partial charge on any atom is 0.122 e. The number of rotatable bonds is 5. The maximum atomic E-state index is 6.34. The van der Waals surface area contributed by atoms with E-state index in [2.05, 4.69) is 23.5 Å². The van der Waals surface area contributed by atoms with Gasteiger partial charge in [-0.25, -0.2) is 0 Å². The molecule has 0 spiro atoms. The van der Waals surface area contributed by atoms with E-state index < -0.39 is 0 Å². The fourth-order valence-corrected chi connectivity index (χ4v) is 3.18. The van der Waals surface area contributed by atoms with Gasteiger partial charge in [0.1, 0.15) is 5.75 Å². The van der Waals surface area contributed by atoms with Gasteiger partial charge in [-0.2, -0.15) is 5.10 Å². The molecule has 5 nitrogen and oxygen atoms in total. The summed E-state index contributed by atoms with van der Waals surface area (Å²) in [5, 5.41) is 4.99. The van der Waals surface area contributed by atoms with Gasteiger partial charge in [-0.15, -0.1) is 0 Å². The van der Waals surface area contributed by atoms with Crippen LogP contribution in [-0.4, -0.2) is 16.4 Å². The summed E-state index contributed by atoms with van der Waals surface area (Å²) < 4.78 is 7.69. The number of benzene rings is 1. The van der Waals surface area contributed by atoms with Crippen molar-refractivity contribution in [3.63, 3.8) is 0 Å². The van der Waals surface area contributed by atoms with Gasteiger partial charge in [0, 0.05) is 18.0 Å². The van der Waals surface area contributed by atoms with Crippen molar-refractivity contribution in [2.75, 3.05) is 6.61 Å². The molecule has 0 saturated carbocycles. The van der Waals surface area contributed by atoms with Crippen LogP contribution in [0.15, 0.2) is 30.5 Å². The molecule has 2 unspecified atom stereocenters. The SMILES string of the molecule is CCCn1ncc(Cl)c1C(NN)C1COc2ccccc21. The van der Waals surface area contributed by atoms with Crippen LogP contribution >= 0.6 is 11.6 Å². The van der Waals surface area contributed by atoms with Crippen LogP contribution in [0.25, 0.3) is 0 Å². The molecule has 1 aliphatic heterocycles. The van der Waals surface area contributed by atoms with E-state index in [1.807, 2.05) is 22.9 Å². The minimum Gasteiger partial charge on any atom is -0.493 e. The number of hydrogen-bond donors (Lipinski definition) is 2. The van der Waals surface area contributed by atoms with Crippen LogP contribution in [0.3, 0.4) is 0 Å². The lowest BCUT2D eigenvalue weighted by Crippen LogP contribution is -2.35. The van der Waals surface area contributed by atoms with Crippen LogP contribution in [0.5, 0.6) is 5.75 Å². The molecule has 1 aromatic heterocycles. The van der Waals surface area contributed by atoms with Crippen LogP contribution in [0, 0.1) is 0 Å². The Morgan fingerprint density at radius 3 is 3.10 bits per heavy atom. The zero-order chi connectivity index (χ0) is 14.8.